The number of aryl methyl sites for hydroxylation is 2. The van der Waals surface area contributed by atoms with Gasteiger partial charge in [-0.25, -0.2) is 0 Å². The molecule has 1 amide bonds. The third kappa shape index (κ3) is 5.49. The van der Waals surface area contributed by atoms with Gasteiger partial charge in [-0.3, -0.25) is 4.79 Å². The first-order chi connectivity index (χ1) is 9.58. The highest BCUT2D eigenvalue weighted by Gasteiger charge is 2.12. The molecule has 0 aliphatic heterocycles. The van der Waals surface area contributed by atoms with E-state index in [4.69, 9.17) is 21.4 Å². The van der Waals surface area contributed by atoms with Gasteiger partial charge in [-0.05, 0) is 30.5 Å². The standard InChI is InChI=1S/C15H22ClNO3/c1-12-3-4-13(11-14(12)16)5-6-15(19)17(7-9-18)8-10-20-2/h3-4,11,18H,5-10H2,1-2H3. The molecule has 0 radical (unpaired) electrons. The number of methoxy groups -OCH3 is 1. The van der Waals surface area contributed by atoms with E-state index in [9.17, 15) is 4.79 Å². The number of hydrogen-bond acceptors (Lipinski definition) is 3. The van der Waals surface area contributed by atoms with Crippen molar-refractivity contribution in [2.24, 2.45) is 0 Å². The minimum absolute atomic E-state index is 0.0211. The number of hydrogen-bond donors (Lipinski definition) is 1. The molecule has 0 aliphatic rings. The van der Waals surface area contributed by atoms with E-state index in [1.165, 1.54) is 0 Å². The Balaban J connectivity index is 2.52. The molecule has 1 N–H and O–H groups in total. The molecular weight excluding hydrogens is 278 g/mol. The van der Waals surface area contributed by atoms with Crippen molar-refractivity contribution in [2.45, 2.75) is 19.8 Å². The Kier molecular flexibility index (Phi) is 7.59. The van der Waals surface area contributed by atoms with Crippen LogP contribution in [0.1, 0.15) is 17.5 Å². The fourth-order valence-corrected chi connectivity index (χ4v) is 2.09. The van der Waals surface area contributed by atoms with Crippen LogP contribution >= 0.6 is 11.6 Å². The molecule has 0 atom stereocenters. The fraction of sp³-hybridized carbons (Fsp3) is 0.533. The molecule has 0 fully saturated rings. The van der Waals surface area contributed by atoms with Crippen molar-refractivity contribution in [2.75, 3.05) is 33.4 Å². The number of benzene rings is 1. The first-order valence-corrected chi connectivity index (χ1v) is 7.09. The minimum atomic E-state index is -0.0359. The Hall–Kier alpha value is -1.10. The quantitative estimate of drug-likeness (QED) is 0.799. The van der Waals surface area contributed by atoms with E-state index < -0.39 is 0 Å². The second-order valence-electron chi connectivity index (χ2n) is 4.68. The van der Waals surface area contributed by atoms with E-state index in [1.54, 1.807) is 12.0 Å². The van der Waals surface area contributed by atoms with Crippen LogP contribution in [0, 0.1) is 6.92 Å². The molecule has 0 spiro atoms. The van der Waals surface area contributed by atoms with Gasteiger partial charge in [0.2, 0.25) is 5.91 Å². The normalized spacial score (nSPS) is 10.6. The first kappa shape index (κ1) is 17.0. The van der Waals surface area contributed by atoms with Crippen LogP contribution in [0.5, 0.6) is 0 Å². The molecule has 0 saturated heterocycles. The predicted molar refractivity (Wildman–Crippen MR) is 80.1 cm³/mol. The van der Waals surface area contributed by atoms with Crippen molar-refractivity contribution < 1.29 is 14.6 Å². The summed E-state index contributed by atoms with van der Waals surface area (Å²) in [4.78, 5) is 13.7. The summed E-state index contributed by atoms with van der Waals surface area (Å²) < 4.78 is 4.97. The van der Waals surface area contributed by atoms with E-state index >= 15 is 0 Å². The average molecular weight is 300 g/mol. The number of halogens is 1. The van der Waals surface area contributed by atoms with E-state index in [-0.39, 0.29) is 12.5 Å². The summed E-state index contributed by atoms with van der Waals surface area (Å²) in [5.74, 6) is 0.0211. The lowest BCUT2D eigenvalue weighted by molar-refractivity contribution is -0.132. The van der Waals surface area contributed by atoms with Crippen molar-refractivity contribution >= 4 is 17.5 Å². The molecule has 0 heterocycles. The number of aliphatic hydroxyl groups is 1. The average Bonchev–Trinajstić information content (AvgIpc) is 2.44. The van der Waals surface area contributed by atoms with Crippen molar-refractivity contribution in [3.63, 3.8) is 0 Å². The molecule has 0 bridgehead atoms. The van der Waals surface area contributed by atoms with Crippen LogP contribution in [0.2, 0.25) is 5.02 Å². The van der Waals surface area contributed by atoms with Crippen LogP contribution in [0.4, 0.5) is 0 Å². The largest absolute Gasteiger partial charge is 0.395 e. The Morgan fingerprint density at radius 2 is 2.15 bits per heavy atom. The van der Waals surface area contributed by atoms with Crippen LogP contribution < -0.4 is 0 Å². The maximum Gasteiger partial charge on any atom is 0.223 e. The molecule has 5 heteroatoms. The number of nitrogens with zero attached hydrogens (tertiary/aromatic N) is 1. The molecule has 0 saturated carbocycles. The zero-order chi connectivity index (χ0) is 15.0. The van der Waals surface area contributed by atoms with Gasteiger partial charge >= 0.3 is 0 Å². The second-order valence-corrected chi connectivity index (χ2v) is 5.09. The Bertz CT molecular complexity index is 437. The number of aliphatic hydroxyl groups excluding tert-OH is 1. The summed E-state index contributed by atoms with van der Waals surface area (Å²) in [7, 11) is 1.59. The first-order valence-electron chi connectivity index (χ1n) is 6.71. The lowest BCUT2D eigenvalue weighted by Gasteiger charge is -2.21. The fourth-order valence-electron chi connectivity index (χ4n) is 1.88. The molecule has 4 nitrogen and oxygen atoms in total. The molecule has 1 aromatic carbocycles. The molecule has 0 unspecified atom stereocenters. The molecule has 112 valence electrons. The molecule has 1 rings (SSSR count). The van der Waals surface area contributed by atoms with Gasteiger partial charge in [0.05, 0.1) is 13.2 Å². The molecule has 0 aromatic heterocycles. The lowest BCUT2D eigenvalue weighted by Crippen LogP contribution is -2.36. The minimum Gasteiger partial charge on any atom is -0.395 e. The third-order valence-corrected chi connectivity index (χ3v) is 3.56. The number of carbonyl (C=O) groups is 1. The third-order valence-electron chi connectivity index (χ3n) is 3.15. The van der Waals surface area contributed by atoms with Gasteiger partial charge < -0.3 is 14.7 Å². The summed E-state index contributed by atoms with van der Waals surface area (Å²) in [5.41, 5.74) is 2.08. The smallest absolute Gasteiger partial charge is 0.223 e. The molecule has 1 aromatic rings. The Labute approximate surface area is 125 Å². The van der Waals surface area contributed by atoms with Gasteiger partial charge in [-0.2, -0.15) is 0 Å². The Morgan fingerprint density at radius 1 is 1.40 bits per heavy atom. The van der Waals surface area contributed by atoms with Crippen LogP contribution in [-0.4, -0.2) is 49.3 Å². The van der Waals surface area contributed by atoms with Crippen molar-refractivity contribution in [3.8, 4) is 0 Å². The van der Waals surface area contributed by atoms with Crippen molar-refractivity contribution in [1.82, 2.24) is 4.90 Å². The zero-order valence-corrected chi connectivity index (χ0v) is 12.8. The van der Waals surface area contributed by atoms with Crippen molar-refractivity contribution in [1.29, 1.82) is 0 Å². The van der Waals surface area contributed by atoms with Crippen LogP contribution in [0.15, 0.2) is 18.2 Å². The monoisotopic (exact) mass is 299 g/mol. The van der Waals surface area contributed by atoms with Gasteiger partial charge in [-0.1, -0.05) is 23.7 Å². The number of carbonyl (C=O) groups excluding carboxylic acids is 1. The van der Waals surface area contributed by atoms with E-state index in [2.05, 4.69) is 0 Å². The summed E-state index contributed by atoms with van der Waals surface area (Å²) >= 11 is 6.07. The number of ether oxygens (including phenoxy) is 1. The zero-order valence-electron chi connectivity index (χ0n) is 12.1. The molecular formula is C15H22ClNO3. The Morgan fingerprint density at radius 3 is 2.75 bits per heavy atom. The highest BCUT2D eigenvalue weighted by Crippen LogP contribution is 2.17. The maximum atomic E-state index is 12.1. The van der Waals surface area contributed by atoms with Crippen molar-refractivity contribution in [3.05, 3.63) is 34.3 Å². The summed E-state index contributed by atoms with van der Waals surface area (Å²) in [5, 5.41) is 9.71. The number of rotatable bonds is 8. The molecule has 20 heavy (non-hydrogen) atoms. The number of amides is 1. The summed E-state index contributed by atoms with van der Waals surface area (Å²) in [6, 6.07) is 5.84. The predicted octanol–water partition coefficient (Wildman–Crippen LogP) is 2.05. The van der Waals surface area contributed by atoms with E-state index in [0.29, 0.717) is 32.5 Å². The SMILES string of the molecule is COCCN(CCO)C(=O)CCc1ccc(C)c(Cl)c1. The second kappa shape index (κ2) is 8.95. The van der Waals surface area contributed by atoms with E-state index in [0.717, 1.165) is 16.1 Å². The molecule has 0 aliphatic carbocycles. The summed E-state index contributed by atoms with van der Waals surface area (Å²) in [6.07, 6.45) is 1.05. The van der Waals surface area contributed by atoms with Gasteiger partial charge in [0.15, 0.2) is 0 Å². The highest BCUT2D eigenvalue weighted by atomic mass is 35.5. The van der Waals surface area contributed by atoms with Gasteiger partial charge in [0, 0.05) is 31.6 Å². The van der Waals surface area contributed by atoms with Gasteiger partial charge in [0.1, 0.15) is 0 Å². The lowest BCUT2D eigenvalue weighted by atomic mass is 10.1. The van der Waals surface area contributed by atoms with Crippen LogP contribution in [-0.2, 0) is 16.0 Å². The van der Waals surface area contributed by atoms with Crippen LogP contribution in [0.3, 0.4) is 0 Å². The highest BCUT2D eigenvalue weighted by molar-refractivity contribution is 6.31. The topological polar surface area (TPSA) is 49.8 Å². The van der Waals surface area contributed by atoms with Crippen LogP contribution in [0.25, 0.3) is 0 Å². The summed E-state index contributed by atoms with van der Waals surface area (Å²) in [6.45, 7) is 3.24. The van der Waals surface area contributed by atoms with E-state index in [1.807, 2.05) is 25.1 Å². The van der Waals surface area contributed by atoms with Gasteiger partial charge in [0.25, 0.3) is 0 Å². The maximum absolute atomic E-state index is 12.1. The van der Waals surface area contributed by atoms with Gasteiger partial charge in [-0.15, -0.1) is 0 Å².